The molecule has 0 atom stereocenters. The van der Waals surface area contributed by atoms with Crippen LogP contribution in [0.4, 0.5) is 11.4 Å². The molecule has 0 aromatic heterocycles. The SMILES string of the molecule is Cc1ccc(N=C2NC(=O)/C(=C\c3ccc(OCc4cccc([N+](=O)[O-])c4)cc3)S2)cc1. The van der Waals surface area contributed by atoms with Crippen LogP contribution in [-0.4, -0.2) is 16.0 Å². The van der Waals surface area contributed by atoms with Crippen LogP contribution in [0.15, 0.2) is 82.7 Å². The number of hydrogen-bond acceptors (Lipinski definition) is 6. The van der Waals surface area contributed by atoms with Crippen LogP contribution in [0.2, 0.25) is 0 Å². The van der Waals surface area contributed by atoms with E-state index in [1.54, 1.807) is 30.3 Å². The maximum absolute atomic E-state index is 12.3. The van der Waals surface area contributed by atoms with E-state index in [0.717, 1.165) is 16.8 Å². The van der Waals surface area contributed by atoms with Gasteiger partial charge in [0.1, 0.15) is 12.4 Å². The number of amidine groups is 1. The summed E-state index contributed by atoms with van der Waals surface area (Å²) in [5.41, 5.74) is 3.53. The highest BCUT2D eigenvalue weighted by atomic mass is 32.2. The zero-order valence-corrected chi connectivity index (χ0v) is 18.0. The van der Waals surface area contributed by atoms with Gasteiger partial charge in [-0.2, -0.15) is 0 Å². The Morgan fingerprint density at radius 3 is 2.56 bits per heavy atom. The number of rotatable bonds is 6. The van der Waals surface area contributed by atoms with E-state index >= 15 is 0 Å². The van der Waals surface area contributed by atoms with Crippen molar-refractivity contribution in [1.82, 2.24) is 5.32 Å². The van der Waals surface area contributed by atoms with Gasteiger partial charge in [0.25, 0.3) is 11.6 Å². The smallest absolute Gasteiger partial charge is 0.269 e. The minimum absolute atomic E-state index is 0.0331. The average molecular weight is 446 g/mol. The number of thioether (sulfide) groups is 1. The molecular weight excluding hydrogens is 426 g/mol. The lowest BCUT2D eigenvalue weighted by Crippen LogP contribution is -2.19. The fraction of sp³-hybridized carbons (Fsp3) is 0.0833. The van der Waals surface area contributed by atoms with Crippen molar-refractivity contribution in [3.8, 4) is 5.75 Å². The Morgan fingerprint density at radius 1 is 1.09 bits per heavy atom. The highest BCUT2D eigenvalue weighted by Gasteiger charge is 2.23. The van der Waals surface area contributed by atoms with E-state index in [4.69, 9.17) is 4.74 Å². The van der Waals surface area contributed by atoms with Crippen molar-refractivity contribution in [2.45, 2.75) is 13.5 Å². The van der Waals surface area contributed by atoms with E-state index in [1.165, 1.54) is 23.9 Å². The summed E-state index contributed by atoms with van der Waals surface area (Å²) in [7, 11) is 0. The Kier molecular flexibility index (Phi) is 6.32. The van der Waals surface area contributed by atoms with Gasteiger partial charge in [-0.15, -0.1) is 0 Å². The Bertz CT molecular complexity index is 1220. The van der Waals surface area contributed by atoms with Crippen molar-refractivity contribution >= 4 is 40.3 Å². The third-order valence-corrected chi connectivity index (χ3v) is 5.53. The number of aliphatic imine (C=N–C) groups is 1. The molecule has 0 unspecified atom stereocenters. The number of nitro groups is 1. The van der Waals surface area contributed by atoms with Gasteiger partial charge in [0.15, 0.2) is 5.17 Å². The molecule has 1 amide bonds. The lowest BCUT2D eigenvalue weighted by atomic mass is 10.2. The number of aryl methyl sites for hydroxylation is 1. The predicted octanol–water partition coefficient (Wildman–Crippen LogP) is 5.37. The molecule has 1 fully saturated rings. The van der Waals surface area contributed by atoms with Crippen LogP contribution in [-0.2, 0) is 11.4 Å². The van der Waals surface area contributed by atoms with Gasteiger partial charge in [-0.3, -0.25) is 14.9 Å². The van der Waals surface area contributed by atoms with Crippen LogP contribution in [0.1, 0.15) is 16.7 Å². The summed E-state index contributed by atoms with van der Waals surface area (Å²) in [5, 5.41) is 14.2. The second kappa shape index (κ2) is 9.49. The first kappa shape index (κ1) is 21.3. The largest absolute Gasteiger partial charge is 0.489 e. The molecule has 4 rings (SSSR count). The van der Waals surface area contributed by atoms with Gasteiger partial charge < -0.3 is 10.1 Å². The molecule has 1 saturated heterocycles. The van der Waals surface area contributed by atoms with Gasteiger partial charge in [0, 0.05) is 12.1 Å². The van der Waals surface area contributed by atoms with Gasteiger partial charge in [0.2, 0.25) is 0 Å². The summed E-state index contributed by atoms with van der Waals surface area (Å²) in [5.74, 6) is 0.440. The number of nitrogens with one attached hydrogen (secondary N) is 1. The number of amides is 1. The van der Waals surface area contributed by atoms with Crippen molar-refractivity contribution in [3.63, 3.8) is 0 Å². The number of carbonyl (C=O) groups is 1. The fourth-order valence-corrected chi connectivity index (χ4v) is 3.80. The molecule has 1 aliphatic rings. The van der Waals surface area contributed by atoms with Gasteiger partial charge in [-0.05, 0) is 60.2 Å². The van der Waals surface area contributed by atoms with Crippen LogP contribution in [0.25, 0.3) is 6.08 Å². The summed E-state index contributed by atoms with van der Waals surface area (Å²) in [4.78, 5) is 27.8. The van der Waals surface area contributed by atoms with E-state index in [0.29, 0.717) is 21.4 Å². The van der Waals surface area contributed by atoms with Gasteiger partial charge in [-0.25, -0.2) is 4.99 Å². The minimum atomic E-state index is -0.431. The van der Waals surface area contributed by atoms with Crippen molar-refractivity contribution < 1.29 is 14.5 Å². The molecule has 8 heteroatoms. The number of ether oxygens (including phenoxy) is 1. The first-order valence-corrected chi connectivity index (χ1v) is 10.6. The summed E-state index contributed by atoms with van der Waals surface area (Å²) in [6, 6.07) is 21.4. The molecule has 0 radical (unpaired) electrons. The van der Waals surface area contributed by atoms with Gasteiger partial charge >= 0.3 is 0 Å². The number of non-ortho nitro benzene ring substituents is 1. The molecule has 1 aliphatic heterocycles. The van der Waals surface area contributed by atoms with E-state index in [-0.39, 0.29) is 18.2 Å². The monoisotopic (exact) mass is 445 g/mol. The Morgan fingerprint density at radius 2 is 1.84 bits per heavy atom. The highest BCUT2D eigenvalue weighted by molar-refractivity contribution is 8.18. The van der Waals surface area contributed by atoms with E-state index in [9.17, 15) is 14.9 Å². The normalized spacial score (nSPS) is 15.7. The van der Waals surface area contributed by atoms with E-state index in [2.05, 4.69) is 10.3 Å². The fourth-order valence-electron chi connectivity index (χ4n) is 2.96. The maximum atomic E-state index is 12.3. The zero-order valence-electron chi connectivity index (χ0n) is 17.1. The molecule has 3 aromatic rings. The molecule has 32 heavy (non-hydrogen) atoms. The number of carbonyl (C=O) groups excluding carboxylic acids is 1. The van der Waals surface area contributed by atoms with Crippen LogP contribution < -0.4 is 10.1 Å². The first-order valence-electron chi connectivity index (χ1n) is 9.79. The molecule has 7 nitrogen and oxygen atoms in total. The summed E-state index contributed by atoms with van der Waals surface area (Å²) >= 11 is 1.29. The van der Waals surface area contributed by atoms with Crippen LogP contribution in [0, 0.1) is 17.0 Å². The average Bonchev–Trinajstić information content (AvgIpc) is 3.13. The second-order valence-corrected chi connectivity index (χ2v) is 8.13. The van der Waals surface area contributed by atoms with Crippen LogP contribution in [0.5, 0.6) is 5.75 Å². The van der Waals surface area contributed by atoms with E-state index < -0.39 is 4.92 Å². The lowest BCUT2D eigenvalue weighted by Gasteiger charge is -2.06. The second-order valence-electron chi connectivity index (χ2n) is 7.10. The third kappa shape index (κ3) is 5.41. The maximum Gasteiger partial charge on any atom is 0.269 e. The molecule has 1 N–H and O–H groups in total. The standard InChI is InChI=1S/C24H19N3O4S/c1-16-5-9-19(10-6-16)25-24-26-23(28)22(32-24)14-17-7-11-21(12-8-17)31-15-18-3-2-4-20(13-18)27(29)30/h2-14H,15H2,1H3,(H,25,26,28)/b22-14+. The Balaban J connectivity index is 1.39. The molecule has 0 aliphatic carbocycles. The molecule has 1 heterocycles. The Hall–Kier alpha value is -3.91. The highest BCUT2D eigenvalue weighted by Crippen LogP contribution is 2.28. The van der Waals surface area contributed by atoms with Crippen LogP contribution in [0.3, 0.4) is 0 Å². The number of nitro benzene ring substituents is 1. The third-order valence-electron chi connectivity index (χ3n) is 4.62. The molecule has 160 valence electrons. The molecule has 0 bridgehead atoms. The van der Waals surface area contributed by atoms with Gasteiger partial charge in [-0.1, -0.05) is 42.0 Å². The topological polar surface area (TPSA) is 93.8 Å². The van der Waals surface area contributed by atoms with Crippen molar-refractivity contribution in [1.29, 1.82) is 0 Å². The number of nitrogens with zero attached hydrogens (tertiary/aromatic N) is 2. The summed E-state index contributed by atoms with van der Waals surface area (Å²) in [6.45, 7) is 2.23. The quantitative estimate of drug-likeness (QED) is 0.313. The van der Waals surface area contributed by atoms with Crippen molar-refractivity contribution in [2.24, 2.45) is 4.99 Å². The lowest BCUT2D eigenvalue weighted by molar-refractivity contribution is -0.384. The number of benzene rings is 3. The Labute approximate surface area is 189 Å². The molecule has 0 spiro atoms. The molecule has 0 saturated carbocycles. The minimum Gasteiger partial charge on any atom is -0.489 e. The van der Waals surface area contributed by atoms with Crippen LogP contribution >= 0.6 is 11.8 Å². The molecular formula is C24H19N3O4S. The van der Waals surface area contributed by atoms with Gasteiger partial charge in [0.05, 0.1) is 15.5 Å². The predicted molar refractivity (Wildman–Crippen MR) is 126 cm³/mol. The summed E-state index contributed by atoms with van der Waals surface area (Å²) in [6.07, 6.45) is 1.79. The first-order chi connectivity index (χ1) is 15.5. The van der Waals surface area contributed by atoms with Crippen molar-refractivity contribution in [3.05, 3.63) is 105 Å². The summed E-state index contributed by atoms with van der Waals surface area (Å²) < 4.78 is 5.72. The zero-order chi connectivity index (χ0) is 22.5. The van der Waals surface area contributed by atoms with E-state index in [1.807, 2.05) is 43.3 Å². The van der Waals surface area contributed by atoms with Crippen molar-refractivity contribution in [2.75, 3.05) is 0 Å². The number of hydrogen-bond donors (Lipinski definition) is 1. The molecule has 3 aromatic carbocycles.